The van der Waals surface area contributed by atoms with E-state index in [4.69, 9.17) is 23.2 Å². The van der Waals surface area contributed by atoms with Gasteiger partial charge >= 0.3 is 0 Å². The number of carbonyl (C=O) groups is 1. The highest BCUT2D eigenvalue weighted by atomic mass is 35.5. The average molecular weight is 333 g/mol. The molecule has 5 heteroatoms. The minimum Gasteiger partial charge on any atom is -0.273 e. The Morgan fingerprint density at radius 3 is 2.45 bits per heavy atom. The van der Waals surface area contributed by atoms with Crippen molar-refractivity contribution in [3.63, 3.8) is 0 Å². The van der Waals surface area contributed by atoms with Crippen molar-refractivity contribution in [2.24, 2.45) is 11.0 Å². The van der Waals surface area contributed by atoms with E-state index in [1.807, 2.05) is 30.3 Å². The molecule has 1 N–H and O–H groups in total. The third-order valence-corrected chi connectivity index (χ3v) is 4.38. The maximum absolute atomic E-state index is 12.1. The largest absolute Gasteiger partial charge is 0.273 e. The molecule has 0 radical (unpaired) electrons. The maximum Gasteiger partial charge on any atom is 0.243 e. The summed E-state index contributed by atoms with van der Waals surface area (Å²) in [5, 5.41) is 4.96. The van der Waals surface area contributed by atoms with E-state index in [1.165, 1.54) is 11.8 Å². The molecule has 1 aliphatic rings. The summed E-state index contributed by atoms with van der Waals surface area (Å²) < 4.78 is 0. The van der Waals surface area contributed by atoms with Crippen LogP contribution in [0.3, 0.4) is 0 Å². The topological polar surface area (TPSA) is 41.5 Å². The van der Waals surface area contributed by atoms with Gasteiger partial charge in [0.2, 0.25) is 5.91 Å². The molecular formula is C17H14Cl2N2O. The molecule has 2 atom stereocenters. The zero-order valence-corrected chi connectivity index (χ0v) is 13.2. The second kappa shape index (κ2) is 6.51. The molecular weight excluding hydrogens is 319 g/mol. The molecule has 2 aromatic carbocycles. The first kappa shape index (κ1) is 15.1. The summed E-state index contributed by atoms with van der Waals surface area (Å²) in [6, 6.07) is 15.2. The van der Waals surface area contributed by atoms with E-state index >= 15 is 0 Å². The van der Waals surface area contributed by atoms with Crippen molar-refractivity contribution in [3.8, 4) is 0 Å². The molecule has 3 nitrogen and oxygen atoms in total. The molecule has 0 unspecified atom stereocenters. The van der Waals surface area contributed by atoms with E-state index in [9.17, 15) is 4.79 Å². The predicted molar refractivity (Wildman–Crippen MR) is 89.5 cm³/mol. The van der Waals surface area contributed by atoms with Gasteiger partial charge in [-0.15, -0.1) is 0 Å². The zero-order valence-electron chi connectivity index (χ0n) is 11.7. The summed E-state index contributed by atoms with van der Waals surface area (Å²) in [6.45, 7) is 0. The van der Waals surface area contributed by atoms with Gasteiger partial charge in [-0.25, -0.2) is 5.43 Å². The van der Waals surface area contributed by atoms with E-state index in [2.05, 4.69) is 10.5 Å². The molecule has 0 aromatic heterocycles. The van der Waals surface area contributed by atoms with Crippen molar-refractivity contribution in [2.45, 2.75) is 12.3 Å². The van der Waals surface area contributed by atoms with Crippen LogP contribution >= 0.6 is 23.2 Å². The van der Waals surface area contributed by atoms with Crippen molar-refractivity contribution >= 4 is 35.3 Å². The smallest absolute Gasteiger partial charge is 0.243 e. The third-order valence-electron chi connectivity index (χ3n) is 3.72. The first-order valence-corrected chi connectivity index (χ1v) is 7.74. The Labute approximate surface area is 138 Å². The van der Waals surface area contributed by atoms with E-state index in [0.29, 0.717) is 21.5 Å². The Balaban J connectivity index is 1.59. The van der Waals surface area contributed by atoms with Crippen LogP contribution in [0.25, 0.3) is 0 Å². The van der Waals surface area contributed by atoms with Crippen LogP contribution in [0, 0.1) is 5.92 Å². The van der Waals surface area contributed by atoms with Gasteiger partial charge in [0.25, 0.3) is 0 Å². The Bertz CT molecular complexity index is 696. The number of halogens is 2. The Morgan fingerprint density at radius 2 is 1.77 bits per heavy atom. The summed E-state index contributed by atoms with van der Waals surface area (Å²) >= 11 is 12.1. The molecule has 0 heterocycles. The Kier molecular flexibility index (Phi) is 4.46. The van der Waals surface area contributed by atoms with Crippen LogP contribution in [0.15, 0.2) is 53.6 Å². The number of rotatable bonds is 4. The molecule has 112 valence electrons. The van der Waals surface area contributed by atoms with Crippen molar-refractivity contribution in [1.82, 2.24) is 5.43 Å². The van der Waals surface area contributed by atoms with Gasteiger partial charge in [-0.05, 0) is 30.0 Å². The van der Waals surface area contributed by atoms with E-state index in [0.717, 1.165) is 6.42 Å². The molecule has 3 rings (SSSR count). The van der Waals surface area contributed by atoms with Gasteiger partial charge in [-0.3, -0.25) is 4.79 Å². The predicted octanol–water partition coefficient (Wildman–Crippen LogP) is 4.25. The van der Waals surface area contributed by atoms with Crippen LogP contribution in [0.4, 0.5) is 0 Å². The first-order valence-electron chi connectivity index (χ1n) is 6.98. The molecule has 1 aliphatic carbocycles. The monoisotopic (exact) mass is 332 g/mol. The van der Waals surface area contributed by atoms with Gasteiger partial charge in [0.15, 0.2) is 0 Å². The fraction of sp³-hybridized carbons (Fsp3) is 0.176. The SMILES string of the molecule is O=C(N/N=C\c1c(Cl)cccc1Cl)[C@@H]1C[C@@H]1c1ccccc1. The molecule has 0 aliphatic heterocycles. The van der Waals surface area contributed by atoms with Crippen LogP contribution < -0.4 is 5.43 Å². The lowest BCUT2D eigenvalue weighted by Gasteiger charge is -2.02. The Hall–Kier alpha value is -1.84. The molecule has 1 amide bonds. The number of carbonyl (C=O) groups excluding carboxylic acids is 1. The maximum atomic E-state index is 12.1. The van der Waals surface area contributed by atoms with Crippen LogP contribution in [0.2, 0.25) is 10.0 Å². The lowest BCUT2D eigenvalue weighted by Crippen LogP contribution is -2.20. The van der Waals surface area contributed by atoms with Crippen molar-refractivity contribution < 1.29 is 4.79 Å². The van der Waals surface area contributed by atoms with Gasteiger partial charge in [0.05, 0.1) is 16.3 Å². The number of nitrogens with zero attached hydrogens (tertiary/aromatic N) is 1. The highest BCUT2D eigenvalue weighted by molar-refractivity contribution is 6.38. The normalized spacial score (nSPS) is 20.1. The quantitative estimate of drug-likeness (QED) is 0.660. The number of hydrogen-bond donors (Lipinski definition) is 1. The fourth-order valence-electron chi connectivity index (χ4n) is 2.43. The lowest BCUT2D eigenvalue weighted by atomic mass is 10.1. The minimum absolute atomic E-state index is 0.0127. The molecule has 0 spiro atoms. The van der Waals surface area contributed by atoms with Gasteiger partial charge in [-0.2, -0.15) is 5.10 Å². The number of hydrogen-bond acceptors (Lipinski definition) is 2. The van der Waals surface area contributed by atoms with Crippen molar-refractivity contribution in [3.05, 3.63) is 69.7 Å². The molecule has 1 saturated carbocycles. The third kappa shape index (κ3) is 3.32. The van der Waals surface area contributed by atoms with E-state index in [1.54, 1.807) is 18.2 Å². The summed E-state index contributed by atoms with van der Waals surface area (Å²) in [7, 11) is 0. The second-order valence-corrected chi connectivity index (χ2v) is 6.04. The number of benzene rings is 2. The fourth-order valence-corrected chi connectivity index (χ4v) is 2.93. The first-order chi connectivity index (χ1) is 10.7. The van der Waals surface area contributed by atoms with Crippen molar-refractivity contribution in [2.75, 3.05) is 0 Å². The van der Waals surface area contributed by atoms with Gasteiger partial charge < -0.3 is 0 Å². The zero-order chi connectivity index (χ0) is 15.5. The average Bonchev–Trinajstić information content (AvgIpc) is 3.32. The van der Waals surface area contributed by atoms with Crippen LogP contribution in [-0.2, 0) is 4.79 Å². The highest BCUT2D eigenvalue weighted by Gasteiger charge is 2.43. The van der Waals surface area contributed by atoms with Crippen LogP contribution in [0.5, 0.6) is 0 Å². The summed E-state index contributed by atoms with van der Waals surface area (Å²) in [5.41, 5.74) is 4.35. The molecule has 0 bridgehead atoms. The van der Waals surface area contributed by atoms with Gasteiger partial charge in [0, 0.05) is 11.5 Å². The molecule has 22 heavy (non-hydrogen) atoms. The summed E-state index contributed by atoms with van der Waals surface area (Å²) in [4.78, 5) is 12.1. The molecule has 0 saturated heterocycles. The summed E-state index contributed by atoms with van der Waals surface area (Å²) in [5.74, 6) is 0.204. The van der Waals surface area contributed by atoms with Crippen molar-refractivity contribution in [1.29, 1.82) is 0 Å². The van der Waals surface area contributed by atoms with Gasteiger partial charge in [-0.1, -0.05) is 59.6 Å². The van der Waals surface area contributed by atoms with Crippen LogP contribution in [-0.4, -0.2) is 12.1 Å². The molecule has 2 aromatic rings. The van der Waals surface area contributed by atoms with Gasteiger partial charge in [0.1, 0.15) is 0 Å². The van der Waals surface area contributed by atoms with Crippen LogP contribution in [0.1, 0.15) is 23.5 Å². The number of nitrogens with one attached hydrogen (secondary N) is 1. The molecule has 1 fully saturated rings. The standard InChI is InChI=1S/C17H14Cl2N2O/c18-15-7-4-8-16(19)14(15)10-20-21-17(22)13-9-12(13)11-5-2-1-3-6-11/h1-8,10,12-13H,9H2,(H,21,22)/b20-10-/t12-,13-/m1/s1. The lowest BCUT2D eigenvalue weighted by molar-refractivity contribution is -0.122. The number of hydrazone groups is 1. The highest BCUT2D eigenvalue weighted by Crippen LogP contribution is 2.47. The Morgan fingerprint density at radius 1 is 1.09 bits per heavy atom. The second-order valence-electron chi connectivity index (χ2n) is 5.23. The summed E-state index contributed by atoms with van der Waals surface area (Å²) in [6.07, 6.45) is 2.33. The number of amides is 1. The van der Waals surface area contributed by atoms with E-state index < -0.39 is 0 Å². The van der Waals surface area contributed by atoms with E-state index in [-0.39, 0.29) is 11.8 Å². The minimum atomic E-state index is -0.0757.